The lowest BCUT2D eigenvalue weighted by atomic mass is 9.76. The van der Waals surface area contributed by atoms with Gasteiger partial charge < -0.3 is 0 Å². The Morgan fingerprint density at radius 2 is 1.67 bits per heavy atom. The molecule has 1 unspecified atom stereocenters. The van der Waals surface area contributed by atoms with E-state index < -0.39 is 0 Å². The molecule has 0 aliphatic rings. The summed E-state index contributed by atoms with van der Waals surface area (Å²) in [6.45, 7) is 11.4. The highest BCUT2D eigenvalue weighted by Crippen LogP contribution is 2.34. The Morgan fingerprint density at radius 1 is 1.17 bits per heavy atom. The van der Waals surface area contributed by atoms with Crippen molar-refractivity contribution in [3.8, 4) is 0 Å². The second-order valence-electron chi connectivity index (χ2n) is 4.87. The molecule has 0 saturated carbocycles. The van der Waals surface area contributed by atoms with Crippen LogP contribution in [0.2, 0.25) is 0 Å². The number of hydrogen-bond donors (Lipinski definition) is 0. The van der Waals surface area contributed by atoms with E-state index in [1.807, 2.05) is 0 Å². The van der Waals surface area contributed by atoms with Crippen molar-refractivity contribution in [2.24, 2.45) is 17.3 Å². The van der Waals surface area contributed by atoms with Gasteiger partial charge in [-0.25, -0.2) is 0 Å². The highest BCUT2D eigenvalue weighted by atomic mass is 35.5. The van der Waals surface area contributed by atoms with E-state index in [0.717, 1.165) is 11.8 Å². The first-order valence-electron chi connectivity index (χ1n) is 4.98. The number of hydrogen-bond acceptors (Lipinski definition) is 0. The third kappa shape index (κ3) is 3.80. The molecule has 0 heterocycles. The normalized spacial score (nSPS) is 17.0. The van der Waals surface area contributed by atoms with E-state index >= 15 is 0 Å². The van der Waals surface area contributed by atoms with Gasteiger partial charge in [0.1, 0.15) is 0 Å². The molecule has 0 nitrogen and oxygen atoms in total. The van der Waals surface area contributed by atoms with Gasteiger partial charge in [-0.3, -0.25) is 0 Å². The molecule has 0 fully saturated rings. The maximum atomic E-state index is 5.99. The number of halogens is 1. The molecule has 0 bridgehead atoms. The van der Waals surface area contributed by atoms with Gasteiger partial charge in [0, 0.05) is 5.88 Å². The molecule has 0 aromatic rings. The lowest BCUT2D eigenvalue weighted by Crippen LogP contribution is -2.25. The standard InChI is InChI=1S/C11H23Cl/c1-9(2)6-7-11(5,8-12)10(3)4/h9-10H,6-8H2,1-5H3. The monoisotopic (exact) mass is 190 g/mol. The molecule has 74 valence electrons. The Bertz CT molecular complexity index is 118. The van der Waals surface area contributed by atoms with Crippen LogP contribution in [0.1, 0.15) is 47.5 Å². The van der Waals surface area contributed by atoms with Crippen molar-refractivity contribution in [2.45, 2.75) is 47.5 Å². The quantitative estimate of drug-likeness (QED) is 0.567. The molecule has 1 atom stereocenters. The molecular weight excluding hydrogens is 168 g/mol. The molecule has 0 radical (unpaired) electrons. The second kappa shape index (κ2) is 5.11. The van der Waals surface area contributed by atoms with Gasteiger partial charge >= 0.3 is 0 Å². The summed E-state index contributed by atoms with van der Waals surface area (Å²) >= 11 is 5.99. The first kappa shape index (κ1) is 12.3. The molecule has 0 rings (SSSR count). The second-order valence-corrected chi connectivity index (χ2v) is 5.14. The summed E-state index contributed by atoms with van der Waals surface area (Å²) < 4.78 is 0. The first-order valence-corrected chi connectivity index (χ1v) is 5.52. The van der Waals surface area contributed by atoms with Gasteiger partial charge in [0.25, 0.3) is 0 Å². The first-order chi connectivity index (χ1) is 5.42. The summed E-state index contributed by atoms with van der Waals surface area (Å²) in [6, 6.07) is 0. The average Bonchev–Trinajstić information content (AvgIpc) is 1.99. The fourth-order valence-corrected chi connectivity index (χ4v) is 1.57. The Morgan fingerprint density at radius 3 is 1.92 bits per heavy atom. The smallest absolute Gasteiger partial charge is 0.0279 e. The van der Waals surface area contributed by atoms with E-state index in [4.69, 9.17) is 11.6 Å². The van der Waals surface area contributed by atoms with Gasteiger partial charge in [-0.1, -0.05) is 41.0 Å². The maximum Gasteiger partial charge on any atom is 0.0279 e. The van der Waals surface area contributed by atoms with E-state index in [-0.39, 0.29) is 0 Å². The van der Waals surface area contributed by atoms with Crippen LogP contribution >= 0.6 is 11.6 Å². The summed E-state index contributed by atoms with van der Waals surface area (Å²) in [4.78, 5) is 0. The van der Waals surface area contributed by atoms with Crippen LogP contribution < -0.4 is 0 Å². The van der Waals surface area contributed by atoms with Crippen LogP contribution in [0.4, 0.5) is 0 Å². The zero-order valence-corrected chi connectivity index (χ0v) is 9.91. The van der Waals surface area contributed by atoms with Crippen LogP contribution in [0.3, 0.4) is 0 Å². The van der Waals surface area contributed by atoms with Crippen molar-refractivity contribution in [2.75, 3.05) is 5.88 Å². The van der Waals surface area contributed by atoms with Crippen molar-refractivity contribution in [3.63, 3.8) is 0 Å². The van der Waals surface area contributed by atoms with Crippen molar-refractivity contribution >= 4 is 11.6 Å². The highest BCUT2D eigenvalue weighted by Gasteiger charge is 2.26. The van der Waals surface area contributed by atoms with Gasteiger partial charge in [-0.2, -0.15) is 0 Å². The van der Waals surface area contributed by atoms with E-state index in [1.54, 1.807) is 0 Å². The molecule has 0 N–H and O–H groups in total. The maximum absolute atomic E-state index is 5.99. The molecule has 0 spiro atoms. The van der Waals surface area contributed by atoms with E-state index in [1.165, 1.54) is 12.8 Å². The zero-order valence-electron chi connectivity index (χ0n) is 9.15. The summed E-state index contributed by atoms with van der Waals surface area (Å²) in [5, 5.41) is 0. The Labute approximate surface area is 82.7 Å². The minimum absolute atomic E-state index is 0.339. The van der Waals surface area contributed by atoms with E-state index in [2.05, 4.69) is 34.6 Å². The van der Waals surface area contributed by atoms with Crippen LogP contribution in [0.25, 0.3) is 0 Å². The molecule has 0 amide bonds. The fourth-order valence-electron chi connectivity index (χ4n) is 1.13. The van der Waals surface area contributed by atoms with Crippen LogP contribution in [0, 0.1) is 17.3 Å². The lowest BCUT2D eigenvalue weighted by Gasteiger charge is -2.32. The predicted octanol–water partition coefficient (Wildman–Crippen LogP) is 4.32. The van der Waals surface area contributed by atoms with Crippen LogP contribution in [-0.2, 0) is 0 Å². The number of rotatable bonds is 5. The molecule has 0 aromatic heterocycles. The molecular formula is C11H23Cl. The third-order valence-electron chi connectivity index (χ3n) is 2.99. The SMILES string of the molecule is CC(C)CCC(C)(CCl)C(C)C. The predicted molar refractivity (Wildman–Crippen MR) is 57.7 cm³/mol. The highest BCUT2D eigenvalue weighted by molar-refractivity contribution is 6.18. The van der Waals surface area contributed by atoms with Crippen molar-refractivity contribution < 1.29 is 0 Å². The molecule has 0 aliphatic heterocycles. The van der Waals surface area contributed by atoms with Gasteiger partial charge in [-0.15, -0.1) is 11.6 Å². The topological polar surface area (TPSA) is 0 Å². The molecule has 1 heteroatoms. The van der Waals surface area contributed by atoms with Gasteiger partial charge in [-0.05, 0) is 23.7 Å². The lowest BCUT2D eigenvalue weighted by molar-refractivity contribution is 0.218. The fraction of sp³-hybridized carbons (Fsp3) is 1.00. The summed E-state index contributed by atoms with van der Waals surface area (Å²) in [7, 11) is 0. The van der Waals surface area contributed by atoms with Crippen LogP contribution in [0.15, 0.2) is 0 Å². The largest absolute Gasteiger partial charge is 0.126 e. The van der Waals surface area contributed by atoms with Gasteiger partial charge in [0.15, 0.2) is 0 Å². The summed E-state index contributed by atoms with van der Waals surface area (Å²) in [5.74, 6) is 2.28. The molecule has 0 aromatic carbocycles. The van der Waals surface area contributed by atoms with Gasteiger partial charge in [0.2, 0.25) is 0 Å². The minimum Gasteiger partial charge on any atom is -0.126 e. The van der Waals surface area contributed by atoms with Crippen molar-refractivity contribution in [1.29, 1.82) is 0 Å². The van der Waals surface area contributed by atoms with Crippen molar-refractivity contribution in [3.05, 3.63) is 0 Å². The summed E-state index contributed by atoms with van der Waals surface area (Å²) in [6.07, 6.45) is 2.55. The number of alkyl halides is 1. The van der Waals surface area contributed by atoms with Crippen LogP contribution in [0.5, 0.6) is 0 Å². The Kier molecular flexibility index (Phi) is 5.24. The third-order valence-corrected chi connectivity index (χ3v) is 3.60. The Hall–Kier alpha value is 0.290. The molecule has 12 heavy (non-hydrogen) atoms. The average molecular weight is 191 g/mol. The van der Waals surface area contributed by atoms with Gasteiger partial charge in [0.05, 0.1) is 0 Å². The van der Waals surface area contributed by atoms with E-state index in [9.17, 15) is 0 Å². The molecule has 0 aliphatic carbocycles. The van der Waals surface area contributed by atoms with E-state index in [0.29, 0.717) is 11.3 Å². The Balaban J connectivity index is 3.97. The molecule has 0 saturated heterocycles. The van der Waals surface area contributed by atoms with Crippen LogP contribution in [-0.4, -0.2) is 5.88 Å². The zero-order chi connectivity index (χ0) is 9.78. The van der Waals surface area contributed by atoms with Crippen molar-refractivity contribution in [1.82, 2.24) is 0 Å². The minimum atomic E-state index is 0.339. The summed E-state index contributed by atoms with van der Waals surface area (Å²) in [5.41, 5.74) is 0.339.